The number of ether oxygens (including phenoxy) is 1. The molecule has 1 saturated heterocycles. The molecule has 0 aromatic rings. The van der Waals surface area contributed by atoms with Gasteiger partial charge in [0.05, 0.1) is 19.0 Å². The molecule has 2 N–H and O–H groups in total. The first-order valence-electron chi connectivity index (χ1n) is 6.62. The fourth-order valence-corrected chi connectivity index (χ4v) is 2.41. The molecule has 0 aromatic heterocycles. The number of nitrogens with two attached hydrogens (primary N) is 1. The topological polar surface area (TPSA) is 42.9 Å². The smallest absolute Gasteiger partial charge is 0.309 e. The molecule has 0 amide bonds. The van der Waals surface area contributed by atoms with Gasteiger partial charge in [-0.2, -0.15) is 0 Å². The van der Waals surface area contributed by atoms with Crippen molar-refractivity contribution >= 4 is 5.97 Å². The lowest BCUT2D eigenvalue weighted by Crippen LogP contribution is -2.86. The minimum Gasteiger partial charge on any atom is -0.459 e. The lowest BCUT2D eigenvalue weighted by atomic mass is 9.83. The Hall–Kier alpha value is -0.830. The highest BCUT2D eigenvalue weighted by molar-refractivity contribution is 5.72. The van der Waals surface area contributed by atoms with Gasteiger partial charge in [0.1, 0.15) is 5.60 Å². The van der Waals surface area contributed by atoms with Gasteiger partial charge in [0.15, 0.2) is 0 Å². The maximum atomic E-state index is 11.9. The van der Waals surface area contributed by atoms with Crippen LogP contribution in [0.25, 0.3) is 0 Å². The van der Waals surface area contributed by atoms with Gasteiger partial charge < -0.3 is 10.1 Å². The predicted octanol–water partition coefficient (Wildman–Crippen LogP) is 1.49. The van der Waals surface area contributed by atoms with Gasteiger partial charge in [0, 0.05) is 18.8 Å². The minimum absolute atomic E-state index is 0.0815. The Kier molecular flexibility index (Phi) is 5.19. The number of hydrogen-bond donors (Lipinski definition) is 1. The summed E-state index contributed by atoms with van der Waals surface area (Å²) in [4.78, 5) is 11.9. The molecule has 17 heavy (non-hydrogen) atoms. The highest BCUT2D eigenvalue weighted by Gasteiger charge is 2.36. The zero-order valence-corrected chi connectivity index (χ0v) is 11.4. The van der Waals surface area contributed by atoms with Crippen molar-refractivity contribution in [1.29, 1.82) is 0 Å². The Bertz CT molecular complexity index is 267. The van der Waals surface area contributed by atoms with Crippen LogP contribution in [-0.2, 0) is 9.53 Å². The third-order valence-electron chi connectivity index (χ3n) is 3.71. The quantitative estimate of drug-likeness (QED) is 0.584. The van der Waals surface area contributed by atoms with Gasteiger partial charge in [0.2, 0.25) is 0 Å². The second kappa shape index (κ2) is 6.20. The Morgan fingerprint density at radius 2 is 2.12 bits per heavy atom. The van der Waals surface area contributed by atoms with Crippen molar-refractivity contribution in [3.8, 4) is 0 Å². The molecule has 1 heterocycles. The molecular formula is C14H26NO2+. The molecule has 0 saturated carbocycles. The maximum Gasteiger partial charge on any atom is 0.309 e. The monoisotopic (exact) mass is 240 g/mol. The summed E-state index contributed by atoms with van der Waals surface area (Å²) in [5.74, 6) is 0.318. The molecule has 1 aliphatic heterocycles. The van der Waals surface area contributed by atoms with Crippen LogP contribution in [0.2, 0.25) is 0 Å². The van der Waals surface area contributed by atoms with Crippen molar-refractivity contribution in [2.75, 3.05) is 13.1 Å². The normalized spacial score (nSPS) is 19.7. The average molecular weight is 240 g/mol. The van der Waals surface area contributed by atoms with Crippen molar-refractivity contribution in [2.24, 2.45) is 11.8 Å². The summed E-state index contributed by atoms with van der Waals surface area (Å²) >= 11 is 0. The largest absolute Gasteiger partial charge is 0.459 e. The van der Waals surface area contributed by atoms with Crippen LogP contribution >= 0.6 is 0 Å². The molecular weight excluding hydrogens is 214 g/mol. The Morgan fingerprint density at radius 1 is 1.53 bits per heavy atom. The van der Waals surface area contributed by atoms with Gasteiger partial charge in [-0.3, -0.25) is 4.79 Å². The van der Waals surface area contributed by atoms with Crippen molar-refractivity contribution in [1.82, 2.24) is 0 Å². The summed E-state index contributed by atoms with van der Waals surface area (Å²) < 4.78 is 5.69. The van der Waals surface area contributed by atoms with E-state index in [0.29, 0.717) is 12.3 Å². The molecule has 1 rings (SSSR count). The maximum absolute atomic E-state index is 11.9. The van der Waals surface area contributed by atoms with Crippen LogP contribution in [0.4, 0.5) is 0 Å². The van der Waals surface area contributed by atoms with Gasteiger partial charge in [-0.1, -0.05) is 13.0 Å². The Morgan fingerprint density at radius 3 is 2.65 bits per heavy atom. The molecule has 0 aromatic carbocycles. The fraction of sp³-hybridized carbons (Fsp3) is 0.786. The number of rotatable bonds is 5. The van der Waals surface area contributed by atoms with Gasteiger partial charge in [0.25, 0.3) is 0 Å². The van der Waals surface area contributed by atoms with E-state index in [4.69, 9.17) is 4.74 Å². The lowest BCUT2D eigenvalue weighted by molar-refractivity contribution is -0.665. The summed E-state index contributed by atoms with van der Waals surface area (Å²) in [6.07, 6.45) is 4.73. The summed E-state index contributed by atoms with van der Waals surface area (Å²) in [7, 11) is 0. The molecule has 98 valence electrons. The van der Waals surface area contributed by atoms with Crippen LogP contribution in [0.3, 0.4) is 0 Å². The van der Waals surface area contributed by atoms with E-state index in [1.54, 1.807) is 6.08 Å². The molecule has 3 heteroatoms. The Balaban J connectivity index is 2.52. The molecule has 0 aliphatic carbocycles. The number of allylic oxidation sites excluding steroid dienone is 1. The van der Waals surface area contributed by atoms with E-state index < -0.39 is 0 Å². The number of esters is 1. The molecule has 1 aliphatic rings. The Labute approximate surface area is 105 Å². The molecule has 0 bridgehead atoms. The highest BCUT2D eigenvalue weighted by atomic mass is 16.6. The van der Waals surface area contributed by atoms with E-state index in [9.17, 15) is 4.79 Å². The van der Waals surface area contributed by atoms with Gasteiger partial charge in [-0.15, -0.1) is 6.58 Å². The van der Waals surface area contributed by atoms with Crippen LogP contribution in [0.15, 0.2) is 12.7 Å². The lowest BCUT2D eigenvalue weighted by Gasteiger charge is -2.36. The molecule has 3 nitrogen and oxygen atoms in total. The van der Waals surface area contributed by atoms with Crippen LogP contribution in [-0.4, -0.2) is 24.7 Å². The minimum atomic E-state index is -0.333. The summed E-state index contributed by atoms with van der Waals surface area (Å²) in [5, 5.41) is 2.33. The van der Waals surface area contributed by atoms with E-state index in [0.717, 1.165) is 25.9 Å². The summed E-state index contributed by atoms with van der Waals surface area (Å²) in [6, 6.07) is 0. The first-order valence-corrected chi connectivity index (χ1v) is 6.62. The van der Waals surface area contributed by atoms with E-state index in [-0.39, 0.29) is 17.5 Å². The van der Waals surface area contributed by atoms with Crippen molar-refractivity contribution in [3.63, 3.8) is 0 Å². The second-order valence-electron chi connectivity index (χ2n) is 5.59. The van der Waals surface area contributed by atoms with E-state index in [1.807, 2.05) is 20.8 Å². The third kappa shape index (κ3) is 4.15. The molecule has 1 fully saturated rings. The molecule has 1 unspecified atom stereocenters. The zero-order chi connectivity index (χ0) is 12.9. The third-order valence-corrected chi connectivity index (χ3v) is 3.71. The number of quaternary nitrogens is 1. The molecule has 0 radical (unpaired) electrons. The van der Waals surface area contributed by atoms with Crippen LogP contribution in [0.5, 0.6) is 0 Å². The predicted molar refractivity (Wildman–Crippen MR) is 68.5 cm³/mol. The highest BCUT2D eigenvalue weighted by Crippen LogP contribution is 2.29. The summed E-state index contributed by atoms with van der Waals surface area (Å²) in [5.41, 5.74) is -0.333. The van der Waals surface area contributed by atoms with Crippen molar-refractivity contribution < 1.29 is 14.8 Å². The van der Waals surface area contributed by atoms with E-state index in [1.165, 1.54) is 0 Å². The number of hydrogen-bond acceptors (Lipinski definition) is 2. The van der Waals surface area contributed by atoms with Crippen LogP contribution < -0.4 is 5.32 Å². The summed E-state index contributed by atoms with van der Waals surface area (Å²) in [6.45, 7) is 11.9. The fourth-order valence-electron chi connectivity index (χ4n) is 2.41. The molecule has 1 atom stereocenters. The number of carbonyl (C=O) groups excluding carboxylic acids is 1. The standard InChI is InChI=1S/C14H25NO2/c1-5-6-11(2)13(16)17-14(3,4)12-7-9-15-10-8-12/h5,11-12,15H,1,6-10H2,2-4H3/p+1. The van der Waals surface area contributed by atoms with Gasteiger partial charge in [-0.25, -0.2) is 0 Å². The molecule has 0 spiro atoms. The zero-order valence-electron chi connectivity index (χ0n) is 11.4. The van der Waals surface area contributed by atoms with E-state index >= 15 is 0 Å². The number of piperidine rings is 1. The van der Waals surface area contributed by atoms with Crippen molar-refractivity contribution in [3.05, 3.63) is 12.7 Å². The second-order valence-corrected chi connectivity index (χ2v) is 5.59. The first-order chi connectivity index (χ1) is 7.97. The van der Waals surface area contributed by atoms with Crippen LogP contribution in [0.1, 0.15) is 40.0 Å². The first kappa shape index (κ1) is 14.2. The van der Waals surface area contributed by atoms with Gasteiger partial charge in [-0.05, 0) is 20.3 Å². The SMILES string of the molecule is C=CCC(C)C(=O)OC(C)(C)C1CC[NH2+]CC1. The van der Waals surface area contributed by atoms with Crippen molar-refractivity contribution in [2.45, 2.75) is 45.6 Å². The number of carbonyl (C=O) groups is 1. The average Bonchev–Trinajstić information content (AvgIpc) is 2.30. The van der Waals surface area contributed by atoms with E-state index in [2.05, 4.69) is 11.9 Å². The van der Waals surface area contributed by atoms with Gasteiger partial charge >= 0.3 is 5.97 Å². The van der Waals surface area contributed by atoms with Crippen LogP contribution in [0, 0.1) is 11.8 Å².